The van der Waals surface area contributed by atoms with Gasteiger partial charge >= 0.3 is 0 Å². The number of rotatable bonds is 4. The van der Waals surface area contributed by atoms with Crippen LogP contribution >= 0.6 is 0 Å². The lowest BCUT2D eigenvalue weighted by atomic mass is 9.96. The first-order valence-corrected chi connectivity index (χ1v) is 8.12. The second-order valence-electron chi connectivity index (χ2n) is 6.00. The summed E-state index contributed by atoms with van der Waals surface area (Å²) in [7, 11) is 0. The zero-order chi connectivity index (χ0) is 15.5. The van der Waals surface area contributed by atoms with Crippen LogP contribution in [0.1, 0.15) is 17.2 Å². The van der Waals surface area contributed by atoms with E-state index in [1.54, 1.807) is 0 Å². The third kappa shape index (κ3) is 2.98. The fraction of sp³-hybridized carbons (Fsp3) is 0.250. The molecule has 0 bridgehead atoms. The summed E-state index contributed by atoms with van der Waals surface area (Å²) in [5.74, 6) is 0.408. The van der Waals surface area contributed by atoms with Crippen LogP contribution < -0.4 is 5.32 Å². The Morgan fingerprint density at radius 2 is 1.78 bits per heavy atom. The summed E-state index contributed by atoms with van der Waals surface area (Å²) in [5, 5.41) is 5.84. The monoisotopic (exact) mass is 304 g/mol. The van der Waals surface area contributed by atoms with Crippen LogP contribution in [0.4, 0.5) is 0 Å². The standard InChI is InChI=1S/C20H20N2O/c1-2-6-15(7-3-1)18-12-21-13-20(18)23-14-19-17-9-5-4-8-16(17)10-11-22-19/h1-11,18,20-21H,12-14H2/t18-,20+/m0/s1. The highest BCUT2D eigenvalue weighted by atomic mass is 16.5. The maximum atomic E-state index is 6.24. The van der Waals surface area contributed by atoms with Crippen molar-refractivity contribution in [1.29, 1.82) is 0 Å². The molecule has 0 saturated carbocycles. The van der Waals surface area contributed by atoms with Crippen LogP contribution in [-0.2, 0) is 11.3 Å². The van der Waals surface area contributed by atoms with Crippen molar-refractivity contribution in [3.63, 3.8) is 0 Å². The smallest absolute Gasteiger partial charge is 0.0898 e. The Morgan fingerprint density at radius 3 is 2.70 bits per heavy atom. The van der Waals surface area contributed by atoms with Gasteiger partial charge in [0.05, 0.1) is 18.4 Å². The van der Waals surface area contributed by atoms with Crippen molar-refractivity contribution in [3.05, 3.63) is 78.1 Å². The van der Waals surface area contributed by atoms with E-state index < -0.39 is 0 Å². The van der Waals surface area contributed by atoms with E-state index in [0.29, 0.717) is 12.5 Å². The van der Waals surface area contributed by atoms with E-state index in [0.717, 1.165) is 18.8 Å². The number of nitrogens with zero attached hydrogens (tertiary/aromatic N) is 1. The molecular formula is C20H20N2O. The van der Waals surface area contributed by atoms with Crippen LogP contribution in [0.2, 0.25) is 0 Å². The van der Waals surface area contributed by atoms with Crippen LogP contribution in [-0.4, -0.2) is 24.2 Å². The second-order valence-corrected chi connectivity index (χ2v) is 6.00. The minimum absolute atomic E-state index is 0.193. The highest BCUT2D eigenvalue weighted by Crippen LogP contribution is 2.26. The van der Waals surface area contributed by atoms with Crippen LogP contribution in [0.5, 0.6) is 0 Å². The summed E-state index contributed by atoms with van der Waals surface area (Å²) < 4.78 is 6.24. The first-order valence-electron chi connectivity index (χ1n) is 8.12. The largest absolute Gasteiger partial charge is 0.370 e. The first-order chi connectivity index (χ1) is 11.4. The second kappa shape index (κ2) is 6.49. The van der Waals surface area contributed by atoms with Gasteiger partial charge < -0.3 is 10.1 Å². The van der Waals surface area contributed by atoms with Gasteiger partial charge in [-0.25, -0.2) is 0 Å². The molecule has 0 aliphatic carbocycles. The van der Waals surface area contributed by atoms with E-state index in [2.05, 4.69) is 64.9 Å². The Labute approximate surface area is 136 Å². The fourth-order valence-electron chi connectivity index (χ4n) is 3.35. The number of pyridine rings is 1. The molecule has 1 fully saturated rings. The Hall–Kier alpha value is -2.23. The molecule has 1 aliphatic heterocycles. The minimum atomic E-state index is 0.193. The number of aromatic nitrogens is 1. The topological polar surface area (TPSA) is 34.1 Å². The molecule has 1 aliphatic rings. The number of nitrogens with one attached hydrogen (secondary N) is 1. The lowest BCUT2D eigenvalue weighted by Gasteiger charge is -2.19. The van der Waals surface area contributed by atoms with E-state index in [-0.39, 0.29) is 6.10 Å². The first kappa shape index (κ1) is 14.4. The summed E-state index contributed by atoms with van der Waals surface area (Å²) in [6, 6.07) is 21.0. The Morgan fingerprint density at radius 1 is 0.957 bits per heavy atom. The lowest BCUT2D eigenvalue weighted by Crippen LogP contribution is -2.21. The van der Waals surface area contributed by atoms with Crippen molar-refractivity contribution in [2.75, 3.05) is 13.1 Å². The zero-order valence-electron chi connectivity index (χ0n) is 13.0. The van der Waals surface area contributed by atoms with Crippen LogP contribution in [0.15, 0.2) is 66.9 Å². The van der Waals surface area contributed by atoms with Gasteiger partial charge in [-0.1, -0.05) is 54.6 Å². The molecule has 1 N–H and O–H groups in total. The summed E-state index contributed by atoms with van der Waals surface area (Å²) in [6.45, 7) is 2.42. The van der Waals surface area contributed by atoms with E-state index in [4.69, 9.17) is 4.74 Å². The molecule has 2 atom stereocenters. The Kier molecular flexibility index (Phi) is 4.05. The molecule has 3 nitrogen and oxygen atoms in total. The number of fused-ring (bicyclic) bond motifs is 1. The molecular weight excluding hydrogens is 284 g/mol. The molecule has 3 aromatic rings. The fourth-order valence-corrected chi connectivity index (χ4v) is 3.35. The lowest BCUT2D eigenvalue weighted by molar-refractivity contribution is 0.0421. The van der Waals surface area contributed by atoms with Gasteiger partial charge in [0.15, 0.2) is 0 Å². The molecule has 2 aromatic carbocycles. The minimum Gasteiger partial charge on any atom is -0.370 e. The van der Waals surface area contributed by atoms with Crippen LogP contribution in [0.3, 0.4) is 0 Å². The van der Waals surface area contributed by atoms with Crippen molar-refractivity contribution >= 4 is 10.8 Å². The van der Waals surface area contributed by atoms with Crippen molar-refractivity contribution in [2.45, 2.75) is 18.6 Å². The van der Waals surface area contributed by atoms with E-state index >= 15 is 0 Å². The Bertz CT molecular complexity index is 783. The summed E-state index contributed by atoms with van der Waals surface area (Å²) in [6.07, 6.45) is 2.06. The average molecular weight is 304 g/mol. The number of hydrogen-bond acceptors (Lipinski definition) is 3. The highest BCUT2D eigenvalue weighted by molar-refractivity contribution is 5.84. The van der Waals surface area contributed by atoms with Crippen LogP contribution in [0.25, 0.3) is 10.8 Å². The van der Waals surface area contributed by atoms with Gasteiger partial charge in [0.25, 0.3) is 0 Å². The van der Waals surface area contributed by atoms with E-state index in [1.807, 2.05) is 12.3 Å². The maximum absolute atomic E-state index is 6.24. The van der Waals surface area contributed by atoms with Gasteiger partial charge in [0, 0.05) is 30.6 Å². The molecule has 4 rings (SSSR count). The van der Waals surface area contributed by atoms with Crippen molar-refractivity contribution < 1.29 is 4.74 Å². The van der Waals surface area contributed by atoms with Gasteiger partial charge in [-0.3, -0.25) is 4.98 Å². The normalized spacial score (nSPS) is 20.9. The van der Waals surface area contributed by atoms with Gasteiger partial charge in [0.1, 0.15) is 0 Å². The van der Waals surface area contributed by atoms with Crippen molar-refractivity contribution in [1.82, 2.24) is 10.3 Å². The molecule has 0 radical (unpaired) electrons. The number of ether oxygens (including phenoxy) is 1. The van der Waals surface area contributed by atoms with Gasteiger partial charge in [-0.2, -0.15) is 0 Å². The quantitative estimate of drug-likeness (QED) is 0.801. The number of hydrogen-bond donors (Lipinski definition) is 1. The predicted octanol–water partition coefficient (Wildman–Crippen LogP) is 3.51. The molecule has 1 saturated heterocycles. The maximum Gasteiger partial charge on any atom is 0.0898 e. The zero-order valence-corrected chi connectivity index (χ0v) is 13.0. The summed E-state index contributed by atoms with van der Waals surface area (Å²) >= 11 is 0. The SMILES string of the molecule is c1ccc([C@@H]2CNC[C@H]2OCc2nccc3ccccc23)cc1. The van der Waals surface area contributed by atoms with Crippen LogP contribution in [0, 0.1) is 0 Å². The molecule has 116 valence electrons. The summed E-state index contributed by atoms with van der Waals surface area (Å²) in [4.78, 5) is 4.52. The third-order valence-electron chi connectivity index (χ3n) is 4.58. The molecule has 23 heavy (non-hydrogen) atoms. The highest BCUT2D eigenvalue weighted by Gasteiger charge is 2.29. The molecule has 3 heteroatoms. The van der Waals surface area contributed by atoms with E-state index in [9.17, 15) is 0 Å². The molecule has 1 aromatic heterocycles. The molecule has 0 spiro atoms. The molecule has 0 unspecified atom stereocenters. The molecule has 2 heterocycles. The van der Waals surface area contributed by atoms with Gasteiger partial charge in [-0.15, -0.1) is 0 Å². The van der Waals surface area contributed by atoms with E-state index in [1.165, 1.54) is 16.3 Å². The van der Waals surface area contributed by atoms with Gasteiger partial charge in [-0.05, 0) is 17.0 Å². The van der Waals surface area contributed by atoms with Crippen molar-refractivity contribution in [2.24, 2.45) is 0 Å². The predicted molar refractivity (Wildman–Crippen MR) is 92.4 cm³/mol. The molecule has 0 amide bonds. The van der Waals surface area contributed by atoms with Crippen molar-refractivity contribution in [3.8, 4) is 0 Å². The Balaban J connectivity index is 1.52. The van der Waals surface area contributed by atoms with Gasteiger partial charge in [0.2, 0.25) is 0 Å². The average Bonchev–Trinajstić information content (AvgIpc) is 3.09. The third-order valence-corrected chi connectivity index (χ3v) is 4.58. The summed E-state index contributed by atoms with van der Waals surface area (Å²) in [5.41, 5.74) is 2.36. The number of benzene rings is 2.